The first kappa shape index (κ1) is 13.3. The van der Waals surface area contributed by atoms with Crippen LogP contribution in [-0.2, 0) is 0 Å². The Kier molecular flexibility index (Phi) is 3.36. The number of nitrogens with zero attached hydrogens (tertiary/aromatic N) is 2. The fraction of sp³-hybridized carbons (Fsp3) is 0.0769. The molecule has 21 heavy (non-hydrogen) atoms. The molecule has 0 unspecified atom stereocenters. The number of rotatable bonds is 3. The van der Waals surface area contributed by atoms with Gasteiger partial charge in [-0.25, -0.2) is 10.1 Å². The van der Waals surface area contributed by atoms with E-state index in [2.05, 4.69) is 20.5 Å². The number of anilines is 1. The highest BCUT2D eigenvalue weighted by Crippen LogP contribution is 2.29. The van der Waals surface area contributed by atoms with E-state index in [9.17, 15) is 9.59 Å². The summed E-state index contributed by atoms with van der Waals surface area (Å²) in [5, 5.41) is 8.97. The highest BCUT2D eigenvalue weighted by molar-refractivity contribution is 7.22. The van der Waals surface area contributed by atoms with Gasteiger partial charge in [-0.1, -0.05) is 11.3 Å². The Hall–Kier alpha value is -2.74. The number of nitrogens with one attached hydrogen (secondary N) is 2. The van der Waals surface area contributed by atoms with E-state index in [1.807, 2.05) is 12.1 Å². The Morgan fingerprint density at radius 3 is 2.90 bits per heavy atom. The number of carbonyl (C=O) groups excluding carboxylic acids is 1. The zero-order valence-electron chi connectivity index (χ0n) is 10.9. The van der Waals surface area contributed by atoms with Crippen molar-refractivity contribution in [1.29, 1.82) is 0 Å². The first-order valence-electron chi connectivity index (χ1n) is 5.97. The molecule has 0 bridgehead atoms. The molecule has 7 nitrogen and oxygen atoms in total. The molecule has 3 rings (SSSR count). The lowest BCUT2D eigenvalue weighted by atomic mass is 10.3. The van der Waals surface area contributed by atoms with Crippen molar-refractivity contribution in [2.45, 2.75) is 0 Å². The number of carbonyl (C=O) groups is 1. The van der Waals surface area contributed by atoms with Crippen LogP contribution >= 0.6 is 11.3 Å². The molecule has 0 saturated carbocycles. The summed E-state index contributed by atoms with van der Waals surface area (Å²) in [6, 6.07) is 8.06. The molecule has 0 fully saturated rings. The number of ether oxygens (including phenoxy) is 1. The SMILES string of the molecule is COc1ccc2nc(NC(=O)c3ccc(=O)[nH]n3)sc2c1. The van der Waals surface area contributed by atoms with Gasteiger partial charge in [0.15, 0.2) is 5.13 Å². The third-order valence-corrected chi connectivity index (χ3v) is 3.66. The number of aromatic nitrogens is 3. The van der Waals surface area contributed by atoms with Crippen LogP contribution in [0.3, 0.4) is 0 Å². The monoisotopic (exact) mass is 302 g/mol. The van der Waals surface area contributed by atoms with Gasteiger partial charge in [0.2, 0.25) is 0 Å². The number of benzene rings is 1. The maximum atomic E-state index is 12.0. The van der Waals surface area contributed by atoms with Gasteiger partial charge >= 0.3 is 0 Å². The summed E-state index contributed by atoms with van der Waals surface area (Å²) in [5.74, 6) is 0.295. The lowest BCUT2D eigenvalue weighted by Gasteiger charge is -1.98. The normalized spacial score (nSPS) is 10.5. The summed E-state index contributed by atoms with van der Waals surface area (Å²) >= 11 is 1.33. The average molecular weight is 302 g/mol. The van der Waals surface area contributed by atoms with E-state index in [0.717, 1.165) is 16.0 Å². The van der Waals surface area contributed by atoms with Crippen LogP contribution in [0.4, 0.5) is 5.13 Å². The van der Waals surface area contributed by atoms with Crippen molar-refractivity contribution in [2.24, 2.45) is 0 Å². The minimum absolute atomic E-state index is 0.117. The lowest BCUT2D eigenvalue weighted by molar-refractivity contribution is 0.102. The van der Waals surface area contributed by atoms with Crippen LogP contribution in [0.5, 0.6) is 5.75 Å². The standard InChI is InChI=1S/C13H10N4O3S/c1-20-7-2-3-8-10(6-7)21-13(14-8)15-12(19)9-4-5-11(18)17-16-9/h2-6H,1H3,(H,17,18)(H,14,15,19). The van der Waals surface area contributed by atoms with Crippen LogP contribution in [0.25, 0.3) is 10.2 Å². The van der Waals surface area contributed by atoms with Crippen molar-refractivity contribution in [3.05, 3.63) is 46.4 Å². The van der Waals surface area contributed by atoms with E-state index < -0.39 is 5.91 Å². The van der Waals surface area contributed by atoms with E-state index >= 15 is 0 Å². The van der Waals surface area contributed by atoms with Crippen molar-refractivity contribution >= 4 is 32.6 Å². The summed E-state index contributed by atoms with van der Waals surface area (Å²) < 4.78 is 6.04. The Morgan fingerprint density at radius 2 is 2.19 bits per heavy atom. The predicted octanol–water partition coefficient (Wildman–Crippen LogP) is 1.64. The highest BCUT2D eigenvalue weighted by Gasteiger charge is 2.11. The summed E-state index contributed by atoms with van der Waals surface area (Å²) in [5.41, 5.74) is 0.524. The van der Waals surface area contributed by atoms with Crippen molar-refractivity contribution in [3.63, 3.8) is 0 Å². The molecule has 0 saturated heterocycles. The maximum Gasteiger partial charge on any atom is 0.277 e. The molecule has 0 aliphatic rings. The molecule has 2 N–H and O–H groups in total. The average Bonchev–Trinajstić information content (AvgIpc) is 2.88. The molecule has 8 heteroatoms. The van der Waals surface area contributed by atoms with Crippen molar-refractivity contribution in [1.82, 2.24) is 15.2 Å². The fourth-order valence-electron chi connectivity index (χ4n) is 1.72. The number of aromatic amines is 1. The number of fused-ring (bicyclic) bond motifs is 1. The lowest BCUT2D eigenvalue weighted by Crippen LogP contribution is -2.17. The van der Waals surface area contributed by atoms with Crippen LogP contribution in [0.15, 0.2) is 35.1 Å². The first-order chi connectivity index (χ1) is 10.2. The van der Waals surface area contributed by atoms with Gasteiger partial charge in [0.05, 0.1) is 17.3 Å². The molecule has 0 aliphatic carbocycles. The number of amides is 1. The number of hydrogen-bond donors (Lipinski definition) is 2. The van der Waals surface area contributed by atoms with Gasteiger partial charge in [-0.05, 0) is 24.3 Å². The second kappa shape index (κ2) is 5.33. The quantitative estimate of drug-likeness (QED) is 0.766. The third kappa shape index (κ3) is 2.75. The number of hydrogen-bond acceptors (Lipinski definition) is 6. The molecule has 2 heterocycles. The van der Waals surface area contributed by atoms with Crippen molar-refractivity contribution in [3.8, 4) is 5.75 Å². The highest BCUT2D eigenvalue weighted by atomic mass is 32.1. The van der Waals surface area contributed by atoms with Gasteiger partial charge in [0, 0.05) is 6.07 Å². The van der Waals surface area contributed by atoms with Crippen LogP contribution in [-0.4, -0.2) is 28.2 Å². The molecule has 1 amide bonds. The van der Waals surface area contributed by atoms with Crippen molar-refractivity contribution < 1.29 is 9.53 Å². The molecule has 3 aromatic rings. The van der Waals surface area contributed by atoms with Gasteiger partial charge in [-0.3, -0.25) is 14.9 Å². The van der Waals surface area contributed by atoms with Crippen LogP contribution in [0.2, 0.25) is 0 Å². The summed E-state index contributed by atoms with van der Waals surface area (Å²) in [6.45, 7) is 0. The summed E-state index contributed by atoms with van der Waals surface area (Å²) in [4.78, 5) is 27.2. The Balaban J connectivity index is 1.85. The summed E-state index contributed by atoms with van der Waals surface area (Å²) in [7, 11) is 1.59. The van der Waals surface area contributed by atoms with Gasteiger partial charge < -0.3 is 4.74 Å². The van der Waals surface area contributed by atoms with Crippen molar-refractivity contribution in [2.75, 3.05) is 12.4 Å². The van der Waals surface area contributed by atoms with Gasteiger partial charge in [0.25, 0.3) is 11.5 Å². The minimum atomic E-state index is -0.433. The smallest absolute Gasteiger partial charge is 0.277 e. The molecule has 0 spiro atoms. The largest absolute Gasteiger partial charge is 0.497 e. The minimum Gasteiger partial charge on any atom is -0.497 e. The van der Waals surface area contributed by atoms with Crippen LogP contribution in [0.1, 0.15) is 10.5 Å². The molecular formula is C13H10N4O3S. The van der Waals surface area contributed by atoms with E-state index in [4.69, 9.17) is 4.74 Å². The second-order valence-corrected chi connectivity index (χ2v) is 5.14. The number of methoxy groups -OCH3 is 1. The molecule has 0 atom stereocenters. The second-order valence-electron chi connectivity index (χ2n) is 4.11. The topological polar surface area (TPSA) is 97.0 Å². The maximum absolute atomic E-state index is 12.0. The Bertz CT molecular complexity index is 851. The molecule has 2 aromatic heterocycles. The van der Waals surface area contributed by atoms with Crippen LogP contribution < -0.4 is 15.6 Å². The number of H-pyrrole nitrogens is 1. The van der Waals surface area contributed by atoms with E-state index in [0.29, 0.717) is 5.13 Å². The van der Waals surface area contributed by atoms with Gasteiger partial charge in [-0.15, -0.1) is 0 Å². The molecular weight excluding hydrogens is 292 g/mol. The Morgan fingerprint density at radius 1 is 1.33 bits per heavy atom. The third-order valence-electron chi connectivity index (χ3n) is 2.73. The van der Waals surface area contributed by atoms with Gasteiger partial charge in [0.1, 0.15) is 11.4 Å². The van der Waals surface area contributed by atoms with Crippen LogP contribution in [0, 0.1) is 0 Å². The molecule has 0 radical (unpaired) electrons. The van der Waals surface area contributed by atoms with E-state index in [1.165, 1.54) is 23.5 Å². The Labute approximate surface area is 122 Å². The zero-order chi connectivity index (χ0) is 14.8. The van der Waals surface area contributed by atoms with E-state index in [-0.39, 0.29) is 11.3 Å². The molecule has 106 valence electrons. The molecule has 1 aromatic carbocycles. The summed E-state index contributed by atoms with van der Waals surface area (Å²) in [6.07, 6.45) is 0. The fourth-order valence-corrected chi connectivity index (χ4v) is 2.61. The molecule has 0 aliphatic heterocycles. The van der Waals surface area contributed by atoms with E-state index in [1.54, 1.807) is 13.2 Å². The first-order valence-corrected chi connectivity index (χ1v) is 6.79. The number of thiazole rings is 1. The predicted molar refractivity (Wildman–Crippen MR) is 79.0 cm³/mol. The zero-order valence-corrected chi connectivity index (χ0v) is 11.7. The van der Waals surface area contributed by atoms with Gasteiger partial charge in [-0.2, -0.15) is 5.10 Å².